The second-order valence-electron chi connectivity index (χ2n) is 4.08. The van der Waals surface area contributed by atoms with Crippen LogP contribution in [0.1, 0.15) is 4.88 Å². The molecule has 0 unspecified atom stereocenters. The Labute approximate surface area is 121 Å². The maximum Gasteiger partial charge on any atom is 0.175 e. The van der Waals surface area contributed by atoms with E-state index in [4.69, 9.17) is 17.3 Å². The number of rotatable bonds is 4. The topological polar surface area (TPSA) is 72.2 Å². The van der Waals surface area contributed by atoms with E-state index in [1.54, 1.807) is 6.07 Å². The second kappa shape index (κ2) is 5.40. The summed E-state index contributed by atoms with van der Waals surface area (Å²) < 4.78 is 23.5. The van der Waals surface area contributed by atoms with Gasteiger partial charge in [0.15, 0.2) is 9.84 Å². The maximum atomic E-state index is 11.4. The lowest BCUT2D eigenvalue weighted by molar-refractivity contribution is 0.602. The molecule has 0 bridgehead atoms. The Kier molecular flexibility index (Phi) is 4.03. The second-order valence-corrected chi connectivity index (χ2v) is 7.90. The maximum absolute atomic E-state index is 11.4. The third-order valence-corrected chi connectivity index (χ3v) is 4.87. The van der Waals surface area contributed by atoms with E-state index in [9.17, 15) is 8.42 Å². The van der Waals surface area contributed by atoms with E-state index in [-0.39, 0.29) is 4.90 Å². The minimum atomic E-state index is -3.23. The van der Waals surface area contributed by atoms with Crippen molar-refractivity contribution < 1.29 is 8.42 Å². The van der Waals surface area contributed by atoms with Crippen LogP contribution in [-0.2, 0) is 16.4 Å². The van der Waals surface area contributed by atoms with Crippen LogP contribution in [0.3, 0.4) is 0 Å². The molecule has 2 rings (SSSR count). The van der Waals surface area contributed by atoms with Crippen molar-refractivity contribution >= 4 is 44.1 Å². The number of nitrogens with two attached hydrogens (primary N) is 1. The van der Waals surface area contributed by atoms with Crippen molar-refractivity contribution in [2.45, 2.75) is 11.4 Å². The van der Waals surface area contributed by atoms with E-state index in [1.807, 2.05) is 12.1 Å². The fourth-order valence-corrected chi connectivity index (χ4v) is 3.25. The van der Waals surface area contributed by atoms with Crippen molar-refractivity contribution in [2.75, 3.05) is 17.3 Å². The Balaban J connectivity index is 2.14. The van der Waals surface area contributed by atoms with E-state index in [0.717, 1.165) is 15.5 Å². The van der Waals surface area contributed by atoms with Crippen LogP contribution in [0, 0.1) is 0 Å². The zero-order chi connectivity index (χ0) is 14.0. The first-order chi connectivity index (χ1) is 8.86. The van der Waals surface area contributed by atoms with Crippen LogP contribution in [0.5, 0.6) is 0 Å². The lowest BCUT2D eigenvalue weighted by Gasteiger charge is -2.09. The highest BCUT2D eigenvalue weighted by atomic mass is 35.5. The van der Waals surface area contributed by atoms with Gasteiger partial charge in [0, 0.05) is 17.7 Å². The van der Waals surface area contributed by atoms with Crippen molar-refractivity contribution in [1.82, 2.24) is 0 Å². The Morgan fingerprint density at radius 3 is 2.58 bits per heavy atom. The predicted octanol–water partition coefficient (Wildman–Crippen LogP) is 3.00. The average Bonchev–Trinajstić information content (AvgIpc) is 2.72. The number of sulfone groups is 1. The molecular weight excluding hydrogens is 304 g/mol. The molecule has 0 aliphatic rings. The Morgan fingerprint density at radius 1 is 1.32 bits per heavy atom. The van der Waals surface area contributed by atoms with Crippen LogP contribution < -0.4 is 11.1 Å². The summed E-state index contributed by atoms with van der Waals surface area (Å²) in [4.78, 5) is 1.30. The third kappa shape index (κ3) is 3.62. The first-order valence-electron chi connectivity index (χ1n) is 5.44. The van der Waals surface area contributed by atoms with Gasteiger partial charge in [-0.3, -0.25) is 0 Å². The smallest absolute Gasteiger partial charge is 0.175 e. The lowest BCUT2D eigenvalue weighted by Crippen LogP contribution is -2.04. The molecule has 2 aromatic rings. The molecule has 1 heterocycles. The van der Waals surface area contributed by atoms with Gasteiger partial charge in [0.2, 0.25) is 0 Å². The van der Waals surface area contributed by atoms with Gasteiger partial charge >= 0.3 is 0 Å². The summed E-state index contributed by atoms with van der Waals surface area (Å²) >= 11 is 7.33. The Hall–Kier alpha value is -1.24. The highest BCUT2D eigenvalue weighted by molar-refractivity contribution is 7.90. The van der Waals surface area contributed by atoms with Crippen LogP contribution in [-0.4, -0.2) is 14.7 Å². The third-order valence-electron chi connectivity index (χ3n) is 2.53. The summed E-state index contributed by atoms with van der Waals surface area (Å²) in [6.45, 7) is 0.597. The minimum Gasteiger partial charge on any atom is -0.397 e. The molecule has 0 fully saturated rings. The molecule has 1 aromatic carbocycles. The quantitative estimate of drug-likeness (QED) is 0.851. The number of hydrogen-bond acceptors (Lipinski definition) is 5. The van der Waals surface area contributed by atoms with E-state index in [2.05, 4.69) is 5.32 Å². The van der Waals surface area contributed by atoms with E-state index < -0.39 is 9.84 Å². The van der Waals surface area contributed by atoms with Crippen LogP contribution >= 0.6 is 22.9 Å². The molecule has 0 aliphatic carbocycles. The summed E-state index contributed by atoms with van der Waals surface area (Å²) in [5.41, 5.74) is 6.95. The lowest BCUT2D eigenvalue weighted by atomic mass is 10.2. The fraction of sp³-hybridized carbons (Fsp3) is 0.167. The first kappa shape index (κ1) is 14.2. The van der Waals surface area contributed by atoms with Gasteiger partial charge in [0.25, 0.3) is 0 Å². The number of hydrogen-bond donors (Lipinski definition) is 2. The largest absolute Gasteiger partial charge is 0.397 e. The predicted molar refractivity (Wildman–Crippen MR) is 80.6 cm³/mol. The highest BCUT2D eigenvalue weighted by Gasteiger charge is 2.09. The number of benzene rings is 1. The van der Waals surface area contributed by atoms with Gasteiger partial charge in [0.1, 0.15) is 0 Å². The number of thiophene rings is 1. The Bertz CT molecular complexity index is 696. The van der Waals surface area contributed by atoms with E-state index >= 15 is 0 Å². The summed E-state index contributed by atoms with van der Waals surface area (Å²) in [6, 6.07) is 8.43. The van der Waals surface area contributed by atoms with Crippen molar-refractivity contribution in [2.24, 2.45) is 0 Å². The molecule has 0 saturated carbocycles. The molecule has 3 N–H and O–H groups in total. The summed E-state index contributed by atoms with van der Waals surface area (Å²) in [6.07, 6.45) is 1.16. The van der Waals surface area contributed by atoms with Gasteiger partial charge in [0.05, 0.1) is 20.6 Å². The molecule has 19 heavy (non-hydrogen) atoms. The molecule has 7 heteroatoms. The number of anilines is 2. The number of halogens is 1. The standard InChI is InChI=1S/C12H13ClN2O2S2/c1-19(16,17)9-3-4-11(10(14)6-9)15-7-8-2-5-12(13)18-8/h2-6,15H,7,14H2,1H3. The molecule has 4 nitrogen and oxygen atoms in total. The van der Waals surface area contributed by atoms with Crippen molar-refractivity contribution in [1.29, 1.82) is 0 Å². The van der Waals surface area contributed by atoms with Crippen LogP contribution in [0.25, 0.3) is 0 Å². The summed E-state index contributed by atoms with van der Waals surface area (Å²) in [5.74, 6) is 0. The zero-order valence-corrected chi connectivity index (χ0v) is 12.6. The fourth-order valence-electron chi connectivity index (χ4n) is 1.56. The van der Waals surface area contributed by atoms with Gasteiger partial charge < -0.3 is 11.1 Å². The van der Waals surface area contributed by atoms with Crippen LogP contribution in [0.15, 0.2) is 35.2 Å². The minimum absolute atomic E-state index is 0.217. The molecule has 0 spiro atoms. The molecule has 1 aromatic heterocycles. The van der Waals surface area contributed by atoms with Gasteiger partial charge in [-0.05, 0) is 30.3 Å². The van der Waals surface area contributed by atoms with Gasteiger partial charge in [-0.15, -0.1) is 11.3 Å². The Morgan fingerprint density at radius 2 is 2.05 bits per heavy atom. The molecule has 0 atom stereocenters. The first-order valence-corrected chi connectivity index (χ1v) is 8.52. The zero-order valence-electron chi connectivity index (χ0n) is 10.2. The molecular formula is C12H13ClN2O2S2. The van der Waals surface area contributed by atoms with Gasteiger partial charge in [-0.2, -0.15) is 0 Å². The SMILES string of the molecule is CS(=O)(=O)c1ccc(NCc2ccc(Cl)s2)c(N)c1. The highest BCUT2D eigenvalue weighted by Crippen LogP contribution is 2.25. The molecule has 102 valence electrons. The van der Waals surface area contributed by atoms with Crippen LogP contribution in [0.4, 0.5) is 11.4 Å². The monoisotopic (exact) mass is 316 g/mol. The summed E-state index contributed by atoms with van der Waals surface area (Å²) in [7, 11) is -3.23. The van der Waals surface area contributed by atoms with Crippen molar-refractivity contribution in [3.63, 3.8) is 0 Å². The van der Waals surface area contributed by atoms with Crippen molar-refractivity contribution in [3.8, 4) is 0 Å². The van der Waals surface area contributed by atoms with E-state index in [0.29, 0.717) is 17.9 Å². The van der Waals surface area contributed by atoms with Crippen LogP contribution in [0.2, 0.25) is 4.34 Å². The number of nitrogens with one attached hydrogen (secondary N) is 1. The van der Waals surface area contributed by atoms with Crippen molar-refractivity contribution in [3.05, 3.63) is 39.5 Å². The molecule has 0 saturated heterocycles. The average molecular weight is 317 g/mol. The summed E-state index contributed by atoms with van der Waals surface area (Å²) in [5, 5.41) is 3.15. The van der Waals surface area contributed by atoms with E-state index in [1.165, 1.54) is 23.5 Å². The molecule has 0 amide bonds. The molecule has 0 aliphatic heterocycles. The molecule has 0 radical (unpaired) electrons. The number of nitrogen functional groups attached to an aromatic ring is 1. The van der Waals surface area contributed by atoms with Gasteiger partial charge in [-0.25, -0.2) is 8.42 Å². The van der Waals surface area contributed by atoms with Gasteiger partial charge in [-0.1, -0.05) is 11.6 Å². The normalized spacial score (nSPS) is 11.5.